The first kappa shape index (κ1) is 13.7. The monoisotopic (exact) mass is 246 g/mol. The van der Waals surface area contributed by atoms with Crippen LogP contribution in [0, 0.1) is 0 Å². The molecule has 1 fully saturated rings. The third-order valence-electron chi connectivity index (χ3n) is 2.41. The van der Waals surface area contributed by atoms with Crippen LogP contribution in [0.2, 0.25) is 0 Å². The smallest absolute Gasteiger partial charge is 0.217 e. The fourth-order valence-corrected chi connectivity index (χ4v) is 1.60. The molecule has 0 aromatic rings. The van der Waals surface area contributed by atoms with E-state index in [4.69, 9.17) is 10.3 Å². The predicted octanol–water partition coefficient (Wildman–Crippen LogP) is -1.76. The Morgan fingerprint density at radius 1 is 1.47 bits per heavy atom. The lowest BCUT2D eigenvalue weighted by molar-refractivity contribution is -0.244. The van der Waals surface area contributed by atoms with Gasteiger partial charge in [0.15, 0.2) is 6.29 Å². The van der Waals surface area contributed by atoms with E-state index in [2.05, 4.69) is 15.3 Å². The second-order valence-electron chi connectivity index (χ2n) is 3.69. The van der Waals surface area contributed by atoms with E-state index < -0.39 is 36.6 Å². The van der Waals surface area contributed by atoms with Gasteiger partial charge in [-0.15, -0.1) is 0 Å². The molecule has 4 N–H and O–H groups in total. The number of ether oxygens (including phenoxy) is 1. The standard InChI is InChI=1S/C8H14N4O5/c1-3(13)11-5-7(15)6(14)4(2-10-12-9)17-8(5)16/h4-8,14-16H,2H2,1H3,(H,11,13)/t4?,5?,6-,7-,8-/m1/s1. The first-order valence-corrected chi connectivity index (χ1v) is 4.95. The van der Waals surface area contributed by atoms with Crippen LogP contribution in [0.4, 0.5) is 0 Å². The zero-order chi connectivity index (χ0) is 13.0. The van der Waals surface area contributed by atoms with E-state index in [-0.39, 0.29) is 6.54 Å². The van der Waals surface area contributed by atoms with Gasteiger partial charge < -0.3 is 25.4 Å². The van der Waals surface area contributed by atoms with Gasteiger partial charge in [-0.1, -0.05) is 5.11 Å². The summed E-state index contributed by atoms with van der Waals surface area (Å²) in [6.07, 6.45) is -5.25. The van der Waals surface area contributed by atoms with Crippen molar-refractivity contribution in [3.8, 4) is 0 Å². The third kappa shape index (κ3) is 3.29. The number of hydrogen-bond acceptors (Lipinski definition) is 6. The number of carbonyl (C=O) groups is 1. The van der Waals surface area contributed by atoms with E-state index in [9.17, 15) is 20.1 Å². The molecule has 9 nitrogen and oxygen atoms in total. The number of azide groups is 1. The van der Waals surface area contributed by atoms with Crippen LogP contribution in [0.1, 0.15) is 6.92 Å². The van der Waals surface area contributed by atoms with Gasteiger partial charge in [0.05, 0.1) is 12.6 Å². The largest absolute Gasteiger partial charge is 0.388 e. The highest BCUT2D eigenvalue weighted by Gasteiger charge is 2.43. The lowest BCUT2D eigenvalue weighted by Gasteiger charge is -2.40. The van der Waals surface area contributed by atoms with E-state index >= 15 is 0 Å². The molecule has 0 aromatic heterocycles. The topological polar surface area (TPSA) is 148 Å². The second-order valence-corrected chi connectivity index (χ2v) is 3.69. The molecule has 17 heavy (non-hydrogen) atoms. The molecule has 0 spiro atoms. The maximum atomic E-state index is 10.8. The van der Waals surface area contributed by atoms with Gasteiger partial charge in [-0.2, -0.15) is 0 Å². The Morgan fingerprint density at radius 2 is 2.12 bits per heavy atom. The van der Waals surface area contributed by atoms with Crippen molar-refractivity contribution in [1.82, 2.24) is 5.32 Å². The average Bonchev–Trinajstić information content (AvgIpc) is 2.27. The van der Waals surface area contributed by atoms with Crippen LogP contribution in [-0.2, 0) is 9.53 Å². The van der Waals surface area contributed by atoms with Crippen LogP contribution in [0.15, 0.2) is 5.11 Å². The van der Waals surface area contributed by atoms with Crippen molar-refractivity contribution >= 4 is 5.91 Å². The molecule has 1 amide bonds. The van der Waals surface area contributed by atoms with Gasteiger partial charge >= 0.3 is 0 Å². The first-order chi connectivity index (χ1) is 7.97. The molecular formula is C8H14N4O5. The predicted molar refractivity (Wildman–Crippen MR) is 54.5 cm³/mol. The molecule has 5 atom stereocenters. The van der Waals surface area contributed by atoms with Gasteiger partial charge in [-0.05, 0) is 5.53 Å². The zero-order valence-corrected chi connectivity index (χ0v) is 9.09. The Morgan fingerprint density at radius 3 is 2.65 bits per heavy atom. The van der Waals surface area contributed by atoms with E-state index in [1.165, 1.54) is 6.92 Å². The molecule has 2 unspecified atom stereocenters. The number of rotatable bonds is 3. The summed E-state index contributed by atoms with van der Waals surface area (Å²) in [5.41, 5.74) is 8.13. The van der Waals surface area contributed by atoms with Gasteiger partial charge in [-0.3, -0.25) is 4.79 Å². The molecule has 9 heteroatoms. The molecular weight excluding hydrogens is 232 g/mol. The summed E-state index contributed by atoms with van der Waals surface area (Å²) in [5, 5.41) is 34.3. The third-order valence-corrected chi connectivity index (χ3v) is 2.41. The summed E-state index contributed by atoms with van der Waals surface area (Å²) in [4.78, 5) is 13.3. The van der Waals surface area contributed by atoms with Gasteiger partial charge in [0, 0.05) is 11.8 Å². The molecule has 0 radical (unpaired) electrons. The minimum Gasteiger partial charge on any atom is -0.388 e. The Balaban J connectivity index is 2.71. The zero-order valence-electron chi connectivity index (χ0n) is 9.09. The normalized spacial score (nSPS) is 37.1. The van der Waals surface area contributed by atoms with Crippen molar-refractivity contribution in [1.29, 1.82) is 0 Å². The summed E-state index contributed by atoms with van der Waals surface area (Å²) in [7, 11) is 0. The maximum absolute atomic E-state index is 10.8. The van der Waals surface area contributed by atoms with Crippen molar-refractivity contribution in [3.63, 3.8) is 0 Å². The molecule has 1 heterocycles. The number of nitrogens with zero attached hydrogens (tertiary/aromatic N) is 3. The molecule has 0 saturated carbocycles. The first-order valence-electron chi connectivity index (χ1n) is 4.95. The summed E-state index contributed by atoms with van der Waals surface area (Å²) in [5.74, 6) is -0.475. The summed E-state index contributed by atoms with van der Waals surface area (Å²) in [6.45, 7) is 0.983. The van der Waals surface area contributed by atoms with Crippen molar-refractivity contribution in [2.75, 3.05) is 6.54 Å². The molecule has 1 saturated heterocycles. The number of amides is 1. The number of aliphatic hydroxyl groups is 3. The number of carbonyl (C=O) groups excluding carboxylic acids is 1. The van der Waals surface area contributed by atoms with E-state index in [0.717, 1.165) is 0 Å². The lowest BCUT2D eigenvalue weighted by Crippen LogP contribution is -2.63. The quantitative estimate of drug-likeness (QED) is 0.264. The Kier molecular flexibility index (Phi) is 4.67. The Labute approximate surface area is 96.6 Å². The highest BCUT2D eigenvalue weighted by Crippen LogP contribution is 2.20. The van der Waals surface area contributed by atoms with E-state index in [0.29, 0.717) is 0 Å². The van der Waals surface area contributed by atoms with Gasteiger partial charge in [0.25, 0.3) is 0 Å². The fourth-order valence-electron chi connectivity index (χ4n) is 1.60. The SMILES string of the molecule is CC(=O)NC1[C@H](O)OC(CN=[N+]=[N-])[C@@H](O)[C@@H]1O. The molecule has 0 bridgehead atoms. The van der Waals surface area contributed by atoms with Crippen LogP contribution < -0.4 is 5.32 Å². The molecule has 0 aromatic carbocycles. The highest BCUT2D eigenvalue weighted by atomic mass is 16.6. The Bertz CT molecular complexity index is 332. The van der Waals surface area contributed by atoms with Crippen LogP contribution in [0.5, 0.6) is 0 Å². The van der Waals surface area contributed by atoms with E-state index in [1.54, 1.807) is 0 Å². The van der Waals surface area contributed by atoms with E-state index in [1.807, 2.05) is 0 Å². The van der Waals surface area contributed by atoms with Gasteiger partial charge in [0.2, 0.25) is 5.91 Å². The molecule has 96 valence electrons. The molecule has 1 rings (SSSR count). The second kappa shape index (κ2) is 5.80. The average molecular weight is 246 g/mol. The highest BCUT2D eigenvalue weighted by molar-refractivity contribution is 5.73. The fraction of sp³-hybridized carbons (Fsp3) is 0.875. The number of nitrogens with one attached hydrogen (secondary N) is 1. The van der Waals surface area contributed by atoms with Crippen molar-refractivity contribution in [2.24, 2.45) is 5.11 Å². The molecule has 0 aliphatic carbocycles. The summed E-state index contributed by atoms with van der Waals surface area (Å²) in [6, 6.07) is -1.12. The number of aliphatic hydroxyl groups excluding tert-OH is 3. The lowest BCUT2D eigenvalue weighted by atomic mass is 9.97. The van der Waals surface area contributed by atoms with Crippen molar-refractivity contribution in [3.05, 3.63) is 10.4 Å². The van der Waals surface area contributed by atoms with Crippen molar-refractivity contribution in [2.45, 2.75) is 37.6 Å². The minimum absolute atomic E-state index is 0.224. The van der Waals surface area contributed by atoms with Crippen LogP contribution in [0.25, 0.3) is 10.4 Å². The summed E-state index contributed by atoms with van der Waals surface area (Å²) >= 11 is 0. The van der Waals surface area contributed by atoms with Crippen molar-refractivity contribution < 1.29 is 24.9 Å². The van der Waals surface area contributed by atoms with Crippen LogP contribution in [-0.4, -0.2) is 58.4 Å². The molecule has 1 aliphatic heterocycles. The Hall–Kier alpha value is -1.38. The van der Waals surface area contributed by atoms with Crippen LogP contribution in [0.3, 0.4) is 0 Å². The maximum Gasteiger partial charge on any atom is 0.217 e. The number of hydrogen-bond donors (Lipinski definition) is 4. The summed E-state index contributed by atoms with van der Waals surface area (Å²) < 4.78 is 4.95. The van der Waals surface area contributed by atoms with Gasteiger partial charge in [0.1, 0.15) is 18.2 Å². The minimum atomic E-state index is -1.48. The van der Waals surface area contributed by atoms with Gasteiger partial charge in [-0.25, -0.2) is 0 Å². The molecule has 1 aliphatic rings. The van der Waals surface area contributed by atoms with Crippen LogP contribution >= 0.6 is 0 Å².